The van der Waals surface area contributed by atoms with Crippen molar-refractivity contribution in [1.82, 2.24) is 5.32 Å². The minimum Gasteiger partial charge on any atom is -0.497 e. The van der Waals surface area contributed by atoms with Crippen molar-refractivity contribution in [2.24, 2.45) is 0 Å². The summed E-state index contributed by atoms with van der Waals surface area (Å²) in [5.74, 6) is -0.729. The fourth-order valence-corrected chi connectivity index (χ4v) is 2.77. The van der Waals surface area contributed by atoms with E-state index in [1.165, 1.54) is 5.56 Å². The van der Waals surface area contributed by atoms with Crippen LogP contribution >= 0.6 is 0 Å². The first-order valence-electron chi connectivity index (χ1n) is 8.10. The zero-order valence-corrected chi connectivity index (χ0v) is 14.0. The molecule has 2 aromatic rings. The number of methoxy groups -OCH3 is 1. The summed E-state index contributed by atoms with van der Waals surface area (Å²) in [7, 11) is 1.56. The predicted octanol–water partition coefficient (Wildman–Crippen LogP) is 2.06. The number of fused-ring (bicyclic) bond motifs is 1. The van der Waals surface area contributed by atoms with Gasteiger partial charge in [0.1, 0.15) is 11.9 Å². The normalized spacial score (nSPS) is 15.8. The van der Waals surface area contributed by atoms with Crippen molar-refractivity contribution < 1.29 is 19.1 Å². The van der Waals surface area contributed by atoms with Crippen molar-refractivity contribution in [3.05, 3.63) is 59.7 Å². The van der Waals surface area contributed by atoms with Gasteiger partial charge in [-0.2, -0.15) is 0 Å². The van der Waals surface area contributed by atoms with Crippen molar-refractivity contribution in [3.8, 4) is 5.75 Å². The van der Waals surface area contributed by atoms with Gasteiger partial charge in [0.25, 0.3) is 0 Å². The van der Waals surface area contributed by atoms with Gasteiger partial charge in [0, 0.05) is 12.2 Å². The topological polar surface area (TPSA) is 76.7 Å². The minimum absolute atomic E-state index is 0.234. The molecule has 1 aliphatic rings. The van der Waals surface area contributed by atoms with E-state index in [0.717, 1.165) is 12.0 Å². The third kappa shape index (κ3) is 4.16. The number of carbonyl (C=O) groups excluding carboxylic acids is 2. The molecule has 25 heavy (non-hydrogen) atoms. The maximum Gasteiger partial charge on any atom is 0.313 e. The van der Waals surface area contributed by atoms with Crippen LogP contribution in [0.2, 0.25) is 0 Å². The predicted molar refractivity (Wildman–Crippen MR) is 93.5 cm³/mol. The number of benzene rings is 2. The number of carbonyl (C=O) groups is 2. The molecule has 0 aromatic heterocycles. The van der Waals surface area contributed by atoms with Crippen molar-refractivity contribution in [1.29, 1.82) is 0 Å². The summed E-state index contributed by atoms with van der Waals surface area (Å²) in [6.07, 6.45) is 0.626. The Balaban J connectivity index is 1.54. The summed E-state index contributed by atoms with van der Waals surface area (Å²) in [6.45, 7) is 0.863. The van der Waals surface area contributed by atoms with Crippen LogP contribution in [0.25, 0.3) is 0 Å². The maximum absolute atomic E-state index is 12.0. The average molecular weight is 340 g/mol. The molecule has 0 radical (unpaired) electrons. The van der Waals surface area contributed by atoms with Crippen LogP contribution in [0.1, 0.15) is 17.2 Å². The monoisotopic (exact) mass is 340 g/mol. The van der Waals surface area contributed by atoms with E-state index in [4.69, 9.17) is 9.47 Å². The number of amides is 2. The highest BCUT2D eigenvalue weighted by molar-refractivity contribution is 6.39. The van der Waals surface area contributed by atoms with Crippen LogP contribution < -0.4 is 15.4 Å². The second-order valence-electron chi connectivity index (χ2n) is 5.70. The Kier molecular flexibility index (Phi) is 5.30. The Labute approximate surface area is 146 Å². The van der Waals surface area contributed by atoms with Crippen molar-refractivity contribution in [3.63, 3.8) is 0 Å². The first kappa shape index (κ1) is 17.0. The quantitative estimate of drug-likeness (QED) is 0.836. The molecule has 130 valence electrons. The zero-order chi connectivity index (χ0) is 17.6. The van der Waals surface area contributed by atoms with Gasteiger partial charge < -0.3 is 20.1 Å². The standard InChI is InChI=1S/C19H20N2O4/c1-24-15-8-6-14(7-9-15)21-19(23)18(22)20-12-17-16-5-3-2-4-13(16)10-11-25-17/h2-9,17H,10-12H2,1H3,(H,20,22)(H,21,23)/t17-/m1/s1. The highest BCUT2D eigenvalue weighted by Crippen LogP contribution is 2.26. The van der Waals surface area contributed by atoms with Crippen LogP contribution in [0.5, 0.6) is 5.75 Å². The molecule has 0 saturated carbocycles. The average Bonchev–Trinajstić information content (AvgIpc) is 2.66. The second kappa shape index (κ2) is 7.81. The lowest BCUT2D eigenvalue weighted by Gasteiger charge is -2.26. The van der Waals surface area contributed by atoms with Gasteiger partial charge in [0.05, 0.1) is 13.7 Å². The number of ether oxygens (including phenoxy) is 2. The lowest BCUT2D eigenvalue weighted by Crippen LogP contribution is -2.38. The third-order valence-corrected chi connectivity index (χ3v) is 4.09. The Hall–Kier alpha value is -2.86. The van der Waals surface area contributed by atoms with E-state index in [1.807, 2.05) is 18.2 Å². The van der Waals surface area contributed by atoms with E-state index in [0.29, 0.717) is 18.0 Å². The fraction of sp³-hybridized carbons (Fsp3) is 0.263. The van der Waals surface area contributed by atoms with Gasteiger partial charge in [-0.15, -0.1) is 0 Å². The van der Waals surface area contributed by atoms with Gasteiger partial charge in [-0.1, -0.05) is 24.3 Å². The molecule has 6 nitrogen and oxygen atoms in total. The molecule has 0 aliphatic carbocycles. The summed E-state index contributed by atoms with van der Waals surface area (Å²) >= 11 is 0. The van der Waals surface area contributed by atoms with Gasteiger partial charge in [0.15, 0.2) is 0 Å². The molecule has 1 aliphatic heterocycles. The molecule has 0 fully saturated rings. The molecule has 2 amide bonds. The Morgan fingerprint density at radius 2 is 1.88 bits per heavy atom. The van der Waals surface area contributed by atoms with Gasteiger partial charge in [-0.25, -0.2) is 0 Å². The van der Waals surface area contributed by atoms with Crippen molar-refractivity contribution in [2.45, 2.75) is 12.5 Å². The van der Waals surface area contributed by atoms with Crippen molar-refractivity contribution in [2.75, 3.05) is 25.6 Å². The van der Waals surface area contributed by atoms with Crippen molar-refractivity contribution >= 4 is 17.5 Å². The fourth-order valence-electron chi connectivity index (χ4n) is 2.77. The highest BCUT2D eigenvalue weighted by Gasteiger charge is 2.22. The number of hydrogen-bond donors (Lipinski definition) is 2. The van der Waals surface area contributed by atoms with E-state index in [-0.39, 0.29) is 12.6 Å². The molecular formula is C19H20N2O4. The van der Waals surface area contributed by atoms with E-state index in [1.54, 1.807) is 31.4 Å². The van der Waals surface area contributed by atoms with Crippen LogP contribution in [0.3, 0.4) is 0 Å². The number of rotatable bonds is 4. The molecule has 0 unspecified atom stereocenters. The van der Waals surface area contributed by atoms with Crippen LogP contribution in [-0.2, 0) is 20.7 Å². The molecule has 1 atom stereocenters. The van der Waals surface area contributed by atoms with Gasteiger partial charge in [0.2, 0.25) is 0 Å². The molecule has 6 heteroatoms. The van der Waals surface area contributed by atoms with E-state index in [9.17, 15) is 9.59 Å². The number of hydrogen-bond acceptors (Lipinski definition) is 4. The summed E-state index contributed by atoms with van der Waals surface area (Å²) in [5.41, 5.74) is 2.81. The first-order chi connectivity index (χ1) is 12.2. The van der Waals surface area contributed by atoms with Crippen LogP contribution in [0, 0.1) is 0 Å². The SMILES string of the molecule is COc1ccc(NC(=O)C(=O)NC[C@H]2OCCc3ccccc32)cc1. The molecule has 0 saturated heterocycles. The molecule has 3 rings (SSSR count). The summed E-state index contributed by atoms with van der Waals surface area (Å²) < 4.78 is 10.8. The first-order valence-corrected chi connectivity index (χ1v) is 8.10. The van der Waals surface area contributed by atoms with Gasteiger partial charge in [-0.05, 0) is 41.8 Å². The maximum atomic E-state index is 12.0. The Morgan fingerprint density at radius 1 is 1.12 bits per heavy atom. The van der Waals surface area contributed by atoms with Crippen LogP contribution in [-0.4, -0.2) is 32.1 Å². The molecule has 1 heterocycles. The summed E-state index contributed by atoms with van der Waals surface area (Å²) in [6, 6.07) is 14.7. The smallest absolute Gasteiger partial charge is 0.313 e. The van der Waals surface area contributed by atoms with Crippen LogP contribution in [0.15, 0.2) is 48.5 Å². The minimum atomic E-state index is -0.714. The highest BCUT2D eigenvalue weighted by atomic mass is 16.5. The van der Waals surface area contributed by atoms with Gasteiger partial charge >= 0.3 is 11.8 Å². The van der Waals surface area contributed by atoms with E-state index >= 15 is 0 Å². The second-order valence-corrected chi connectivity index (χ2v) is 5.70. The van der Waals surface area contributed by atoms with E-state index < -0.39 is 11.8 Å². The lowest BCUT2D eigenvalue weighted by atomic mass is 9.97. The molecule has 2 aromatic carbocycles. The number of anilines is 1. The molecule has 0 bridgehead atoms. The lowest BCUT2D eigenvalue weighted by molar-refractivity contribution is -0.136. The Bertz CT molecular complexity index is 758. The Morgan fingerprint density at radius 3 is 2.64 bits per heavy atom. The van der Waals surface area contributed by atoms with Crippen LogP contribution in [0.4, 0.5) is 5.69 Å². The molecule has 2 N–H and O–H groups in total. The third-order valence-electron chi connectivity index (χ3n) is 4.09. The molecule has 0 spiro atoms. The largest absolute Gasteiger partial charge is 0.497 e. The van der Waals surface area contributed by atoms with Gasteiger partial charge in [-0.3, -0.25) is 9.59 Å². The summed E-state index contributed by atoms with van der Waals surface area (Å²) in [4.78, 5) is 24.0. The molecular weight excluding hydrogens is 320 g/mol. The zero-order valence-electron chi connectivity index (χ0n) is 14.0. The summed E-state index contributed by atoms with van der Waals surface area (Å²) in [5, 5.41) is 5.19. The van der Waals surface area contributed by atoms with E-state index in [2.05, 4.69) is 16.7 Å². The number of nitrogens with one attached hydrogen (secondary N) is 2.